The van der Waals surface area contributed by atoms with Crippen LogP contribution in [0, 0.1) is 10.1 Å². The topological polar surface area (TPSA) is 118 Å². The number of nitro benzene ring substituents is 1. The Balaban J connectivity index is 2.14. The van der Waals surface area contributed by atoms with Crippen LogP contribution in [0.25, 0.3) is 0 Å². The van der Waals surface area contributed by atoms with Crippen LogP contribution in [0.15, 0.2) is 53.4 Å². The molecule has 0 aliphatic heterocycles. The molecule has 0 aliphatic rings. The largest absolute Gasteiger partial charge is 0.326 e. The second kappa shape index (κ2) is 7.20. The lowest BCUT2D eigenvalue weighted by Crippen LogP contribution is -2.23. The van der Waals surface area contributed by atoms with Crippen LogP contribution < -0.4 is 10.0 Å². The molecule has 0 spiro atoms. The van der Waals surface area contributed by atoms with Crippen LogP contribution >= 0.6 is 0 Å². The van der Waals surface area contributed by atoms with Gasteiger partial charge in [-0.1, -0.05) is 18.2 Å². The molecular formula is C15H15N3O5S. The first-order valence-corrected chi connectivity index (χ1v) is 8.37. The molecule has 0 unspecified atom stereocenters. The van der Waals surface area contributed by atoms with Gasteiger partial charge in [0.25, 0.3) is 5.69 Å². The zero-order valence-electron chi connectivity index (χ0n) is 12.7. The van der Waals surface area contributed by atoms with Crippen molar-refractivity contribution in [1.82, 2.24) is 4.72 Å². The Morgan fingerprint density at radius 3 is 2.33 bits per heavy atom. The molecule has 126 valence electrons. The Morgan fingerprint density at radius 2 is 1.75 bits per heavy atom. The van der Waals surface area contributed by atoms with E-state index in [0.717, 1.165) is 0 Å². The Labute approximate surface area is 138 Å². The molecule has 0 heterocycles. The molecule has 8 nitrogen and oxygen atoms in total. The van der Waals surface area contributed by atoms with Gasteiger partial charge in [-0.05, 0) is 24.3 Å². The molecule has 0 aliphatic carbocycles. The fourth-order valence-corrected chi connectivity index (χ4v) is 3.02. The van der Waals surface area contributed by atoms with Crippen LogP contribution in [-0.2, 0) is 21.4 Å². The van der Waals surface area contributed by atoms with Crippen molar-refractivity contribution in [2.75, 3.05) is 5.32 Å². The number of nitrogens with zero attached hydrogens (tertiary/aromatic N) is 1. The number of anilines is 1. The van der Waals surface area contributed by atoms with Crippen molar-refractivity contribution in [3.63, 3.8) is 0 Å². The van der Waals surface area contributed by atoms with E-state index in [-0.39, 0.29) is 28.6 Å². The number of carbonyl (C=O) groups excluding carboxylic acids is 1. The normalized spacial score (nSPS) is 11.0. The Bertz CT molecular complexity index is 863. The molecule has 2 aromatic carbocycles. The minimum atomic E-state index is -3.83. The van der Waals surface area contributed by atoms with Crippen LogP contribution in [0.1, 0.15) is 12.5 Å². The lowest BCUT2D eigenvalue weighted by molar-refractivity contribution is -0.385. The summed E-state index contributed by atoms with van der Waals surface area (Å²) in [6.07, 6.45) is 0. The van der Waals surface area contributed by atoms with Crippen molar-refractivity contribution >= 4 is 27.3 Å². The van der Waals surface area contributed by atoms with Gasteiger partial charge in [0.2, 0.25) is 15.9 Å². The van der Waals surface area contributed by atoms with Gasteiger partial charge in [-0.3, -0.25) is 14.9 Å². The Kier molecular flexibility index (Phi) is 5.27. The van der Waals surface area contributed by atoms with Crippen molar-refractivity contribution < 1.29 is 18.1 Å². The smallest absolute Gasteiger partial charge is 0.273 e. The van der Waals surface area contributed by atoms with Crippen molar-refractivity contribution in [2.24, 2.45) is 0 Å². The highest BCUT2D eigenvalue weighted by Crippen LogP contribution is 2.19. The predicted octanol–water partition coefficient (Wildman–Crippen LogP) is 2.03. The summed E-state index contributed by atoms with van der Waals surface area (Å²) in [7, 11) is -3.83. The number of sulfonamides is 1. The van der Waals surface area contributed by atoms with Gasteiger partial charge in [-0.2, -0.15) is 0 Å². The zero-order valence-corrected chi connectivity index (χ0v) is 13.5. The lowest BCUT2D eigenvalue weighted by Gasteiger charge is -2.08. The molecule has 0 radical (unpaired) electrons. The van der Waals surface area contributed by atoms with E-state index < -0.39 is 14.9 Å². The summed E-state index contributed by atoms with van der Waals surface area (Å²) in [5.41, 5.74) is 0.585. The number of hydrogen-bond acceptors (Lipinski definition) is 5. The van der Waals surface area contributed by atoms with Gasteiger partial charge in [-0.25, -0.2) is 13.1 Å². The fourth-order valence-electron chi connectivity index (χ4n) is 2.02. The number of carbonyl (C=O) groups is 1. The maximum atomic E-state index is 12.3. The lowest BCUT2D eigenvalue weighted by atomic mass is 10.2. The molecule has 0 atom stereocenters. The van der Waals surface area contributed by atoms with Gasteiger partial charge in [0.15, 0.2) is 0 Å². The van der Waals surface area contributed by atoms with E-state index in [1.807, 2.05) is 0 Å². The number of nitro groups is 1. The SMILES string of the molecule is CC(=O)Nc1ccc(S(=O)(=O)NCc2ccccc2[N+](=O)[O-])cc1. The third kappa shape index (κ3) is 4.37. The summed E-state index contributed by atoms with van der Waals surface area (Å²) >= 11 is 0. The zero-order chi connectivity index (χ0) is 17.7. The maximum Gasteiger partial charge on any atom is 0.273 e. The van der Waals surface area contributed by atoms with Crippen molar-refractivity contribution in [3.05, 3.63) is 64.2 Å². The molecular weight excluding hydrogens is 334 g/mol. The first kappa shape index (κ1) is 17.6. The van der Waals surface area contributed by atoms with E-state index in [2.05, 4.69) is 10.0 Å². The first-order chi connectivity index (χ1) is 11.3. The summed E-state index contributed by atoms with van der Waals surface area (Å²) in [5.74, 6) is -0.264. The molecule has 2 N–H and O–H groups in total. The van der Waals surface area contributed by atoms with Gasteiger partial charge in [-0.15, -0.1) is 0 Å². The van der Waals surface area contributed by atoms with Gasteiger partial charge in [0.1, 0.15) is 0 Å². The second-order valence-electron chi connectivity index (χ2n) is 4.92. The predicted molar refractivity (Wildman–Crippen MR) is 87.9 cm³/mol. The quantitative estimate of drug-likeness (QED) is 0.611. The standard InChI is InChI=1S/C15H15N3O5S/c1-11(19)17-13-6-8-14(9-7-13)24(22,23)16-10-12-4-2-3-5-15(12)18(20)21/h2-9,16H,10H2,1H3,(H,17,19). The molecule has 24 heavy (non-hydrogen) atoms. The molecule has 0 aromatic heterocycles. The van der Waals surface area contributed by atoms with Gasteiger partial charge >= 0.3 is 0 Å². The first-order valence-electron chi connectivity index (χ1n) is 6.89. The average Bonchev–Trinajstić information content (AvgIpc) is 2.53. The fraction of sp³-hybridized carbons (Fsp3) is 0.133. The summed E-state index contributed by atoms with van der Waals surface area (Å²) in [6, 6.07) is 11.5. The van der Waals surface area contributed by atoms with Crippen molar-refractivity contribution in [2.45, 2.75) is 18.4 Å². The van der Waals surface area contributed by atoms with Gasteiger partial charge < -0.3 is 5.32 Å². The highest BCUT2D eigenvalue weighted by Gasteiger charge is 2.17. The third-order valence-corrected chi connectivity index (χ3v) is 4.54. The molecule has 2 rings (SSSR count). The van der Waals surface area contributed by atoms with Gasteiger partial charge in [0.05, 0.1) is 9.82 Å². The molecule has 9 heteroatoms. The van der Waals surface area contributed by atoms with E-state index >= 15 is 0 Å². The van der Waals surface area contributed by atoms with E-state index in [1.165, 1.54) is 49.4 Å². The molecule has 0 saturated carbocycles. The number of rotatable bonds is 6. The number of benzene rings is 2. The molecule has 0 fully saturated rings. The summed E-state index contributed by atoms with van der Waals surface area (Å²) in [5, 5.41) is 13.5. The van der Waals surface area contributed by atoms with Crippen LogP contribution in [-0.4, -0.2) is 19.2 Å². The minimum Gasteiger partial charge on any atom is -0.326 e. The molecule has 0 bridgehead atoms. The van der Waals surface area contributed by atoms with Crippen LogP contribution in [0.2, 0.25) is 0 Å². The maximum absolute atomic E-state index is 12.3. The van der Waals surface area contributed by atoms with E-state index in [4.69, 9.17) is 0 Å². The van der Waals surface area contributed by atoms with Crippen LogP contribution in [0.3, 0.4) is 0 Å². The number of nitrogens with one attached hydrogen (secondary N) is 2. The highest BCUT2D eigenvalue weighted by molar-refractivity contribution is 7.89. The number of amides is 1. The molecule has 1 amide bonds. The summed E-state index contributed by atoms with van der Waals surface area (Å²) in [4.78, 5) is 21.3. The molecule has 0 saturated heterocycles. The summed E-state index contributed by atoms with van der Waals surface area (Å²) < 4.78 is 26.8. The third-order valence-electron chi connectivity index (χ3n) is 3.13. The number of para-hydroxylation sites is 1. The average molecular weight is 349 g/mol. The minimum absolute atomic E-state index is 0.00446. The van der Waals surface area contributed by atoms with E-state index in [1.54, 1.807) is 6.07 Å². The Hall–Kier alpha value is -2.78. The monoisotopic (exact) mass is 349 g/mol. The van der Waals surface area contributed by atoms with E-state index in [0.29, 0.717) is 5.69 Å². The summed E-state index contributed by atoms with van der Waals surface area (Å²) in [6.45, 7) is 1.14. The highest BCUT2D eigenvalue weighted by atomic mass is 32.2. The second-order valence-corrected chi connectivity index (χ2v) is 6.68. The van der Waals surface area contributed by atoms with Gasteiger partial charge in [0, 0.05) is 30.8 Å². The van der Waals surface area contributed by atoms with Crippen molar-refractivity contribution in [3.8, 4) is 0 Å². The van der Waals surface area contributed by atoms with Crippen LogP contribution in [0.5, 0.6) is 0 Å². The Morgan fingerprint density at radius 1 is 1.12 bits per heavy atom. The van der Waals surface area contributed by atoms with E-state index in [9.17, 15) is 23.3 Å². The molecule has 2 aromatic rings. The van der Waals surface area contributed by atoms with Crippen molar-refractivity contribution in [1.29, 1.82) is 0 Å². The van der Waals surface area contributed by atoms with Crippen LogP contribution in [0.4, 0.5) is 11.4 Å². The number of hydrogen-bond donors (Lipinski definition) is 2.